The first kappa shape index (κ1) is 12.7. The summed E-state index contributed by atoms with van der Waals surface area (Å²) in [7, 11) is 0. The topological polar surface area (TPSA) is 55.1 Å². The predicted molar refractivity (Wildman–Crippen MR) is 66.1 cm³/mol. The van der Waals surface area contributed by atoms with Gasteiger partial charge in [0, 0.05) is 12.1 Å². The summed E-state index contributed by atoms with van der Waals surface area (Å²) >= 11 is 0. The first-order chi connectivity index (χ1) is 7.59. The van der Waals surface area contributed by atoms with Crippen molar-refractivity contribution >= 4 is 5.91 Å². The molecule has 88 valence electrons. The molecule has 3 heteroatoms. The summed E-state index contributed by atoms with van der Waals surface area (Å²) in [5.41, 5.74) is 6.89. The highest BCUT2D eigenvalue weighted by atomic mass is 16.1. The third kappa shape index (κ3) is 4.45. The third-order valence-corrected chi connectivity index (χ3v) is 2.44. The number of hydrogen-bond donors (Lipinski definition) is 2. The first-order valence-electron chi connectivity index (χ1n) is 5.69. The van der Waals surface area contributed by atoms with Gasteiger partial charge in [-0.2, -0.15) is 0 Å². The summed E-state index contributed by atoms with van der Waals surface area (Å²) in [6.07, 6.45) is 1.16. The number of rotatable bonds is 6. The molecule has 1 amide bonds. The van der Waals surface area contributed by atoms with Crippen LogP contribution >= 0.6 is 0 Å². The Balaban J connectivity index is 2.42. The summed E-state index contributed by atoms with van der Waals surface area (Å²) in [6, 6.07) is 7.43. The Labute approximate surface area is 97.0 Å². The van der Waals surface area contributed by atoms with Crippen molar-refractivity contribution in [1.82, 2.24) is 5.32 Å². The van der Waals surface area contributed by atoms with E-state index in [0.717, 1.165) is 25.1 Å². The fraction of sp³-hybridized carbons (Fsp3) is 0.462. The number of carbonyl (C=O) groups is 1. The molecule has 0 aliphatic carbocycles. The maximum Gasteiger partial charge on any atom is 0.248 e. The van der Waals surface area contributed by atoms with Gasteiger partial charge in [-0.3, -0.25) is 4.79 Å². The Morgan fingerprint density at radius 3 is 2.81 bits per heavy atom. The van der Waals surface area contributed by atoms with Crippen LogP contribution in [0.4, 0.5) is 0 Å². The van der Waals surface area contributed by atoms with Crippen molar-refractivity contribution in [2.45, 2.75) is 26.8 Å². The lowest BCUT2D eigenvalue weighted by atomic mass is 10.1. The normalized spacial score (nSPS) is 10.7. The lowest BCUT2D eigenvalue weighted by Crippen LogP contribution is -2.17. The minimum absolute atomic E-state index is 0.371. The van der Waals surface area contributed by atoms with Crippen molar-refractivity contribution in [2.75, 3.05) is 6.54 Å². The molecule has 3 nitrogen and oxygen atoms in total. The molecule has 0 radical (unpaired) electrons. The fourth-order valence-corrected chi connectivity index (χ4v) is 1.46. The van der Waals surface area contributed by atoms with E-state index in [1.165, 1.54) is 0 Å². The molecule has 0 spiro atoms. The summed E-state index contributed by atoms with van der Waals surface area (Å²) in [4.78, 5) is 11.0. The second-order valence-electron chi connectivity index (χ2n) is 4.42. The van der Waals surface area contributed by atoms with Crippen molar-refractivity contribution in [3.8, 4) is 0 Å². The number of benzene rings is 1. The van der Waals surface area contributed by atoms with E-state index >= 15 is 0 Å². The van der Waals surface area contributed by atoms with E-state index < -0.39 is 0 Å². The molecule has 16 heavy (non-hydrogen) atoms. The monoisotopic (exact) mass is 220 g/mol. The number of amides is 1. The number of nitrogens with one attached hydrogen (secondary N) is 1. The Morgan fingerprint density at radius 1 is 1.44 bits per heavy atom. The van der Waals surface area contributed by atoms with Crippen LogP contribution in [0.1, 0.15) is 36.2 Å². The summed E-state index contributed by atoms with van der Waals surface area (Å²) < 4.78 is 0. The molecule has 0 bridgehead atoms. The Hall–Kier alpha value is -1.35. The van der Waals surface area contributed by atoms with Crippen LogP contribution in [0.5, 0.6) is 0 Å². The molecular formula is C13H20N2O. The second-order valence-corrected chi connectivity index (χ2v) is 4.42. The second kappa shape index (κ2) is 6.28. The molecule has 0 aliphatic rings. The van der Waals surface area contributed by atoms with Gasteiger partial charge >= 0.3 is 0 Å². The minimum atomic E-state index is -0.371. The van der Waals surface area contributed by atoms with Gasteiger partial charge < -0.3 is 11.1 Å². The summed E-state index contributed by atoms with van der Waals surface area (Å²) in [5.74, 6) is 0.341. The zero-order valence-corrected chi connectivity index (χ0v) is 9.99. The number of hydrogen-bond acceptors (Lipinski definition) is 2. The molecule has 0 heterocycles. The zero-order chi connectivity index (χ0) is 12.0. The molecule has 1 rings (SSSR count). The molecule has 0 fully saturated rings. The Morgan fingerprint density at radius 2 is 2.19 bits per heavy atom. The molecule has 0 saturated heterocycles. The lowest BCUT2D eigenvalue weighted by Gasteiger charge is -2.07. The lowest BCUT2D eigenvalue weighted by molar-refractivity contribution is 0.1000. The zero-order valence-electron chi connectivity index (χ0n) is 9.99. The molecule has 1 aromatic rings. The maximum atomic E-state index is 11.0. The van der Waals surface area contributed by atoms with Crippen LogP contribution in [0.3, 0.4) is 0 Å². The molecule has 0 saturated carbocycles. The molecular weight excluding hydrogens is 200 g/mol. The first-order valence-corrected chi connectivity index (χ1v) is 5.69. The standard InChI is InChI=1S/C13H20N2O/c1-10(2)6-7-15-9-11-4-3-5-12(8-11)13(14)16/h3-5,8,10,15H,6-7,9H2,1-2H3,(H2,14,16). The Bertz CT molecular complexity index is 348. The molecule has 1 aromatic carbocycles. The van der Waals surface area contributed by atoms with Gasteiger partial charge in [0.2, 0.25) is 5.91 Å². The van der Waals surface area contributed by atoms with Gasteiger partial charge in [0.15, 0.2) is 0 Å². The fourth-order valence-electron chi connectivity index (χ4n) is 1.46. The van der Waals surface area contributed by atoms with Gasteiger partial charge in [-0.1, -0.05) is 26.0 Å². The average Bonchev–Trinajstić information content (AvgIpc) is 2.24. The van der Waals surface area contributed by atoms with Crippen molar-refractivity contribution in [1.29, 1.82) is 0 Å². The van der Waals surface area contributed by atoms with Gasteiger partial charge in [0.1, 0.15) is 0 Å². The Kier molecular flexibility index (Phi) is 4.99. The van der Waals surface area contributed by atoms with Gasteiger partial charge in [-0.05, 0) is 36.6 Å². The number of primary amides is 1. The van der Waals surface area contributed by atoms with Crippen LogP contribution in [0.15, 0.2) is 24.3 Å². The van der Waals surface area contributed by atoms with Crippen molar-refractivity contribution in [3.05, 3.63) is 35.4 Å². The van der Waals surface area contributed by atoms with Gasteiger partial charge in [-0.15, -0.1) is 0 Å². The van der Waals surface area contributed by atoms with Crippen LogP contribution < -0.4 is 11.1 Å². The smallest absolute Gasteiger partial charge is 0.248 e. The van der Waals surface area contributed by atoms with E-state index in [1.807, 2.05) is 18.2 Å². The van der Waals surface area contributed by atoms with Crippen LogP contribution in [-0.2, 0) is 6.54 Å². The van der Waals surface area contributed by atoms with Gasteiger partial charge in [0.05, 0.1) is 0 Å². The quantitative estimate of drug-likeness (QED) is 0.720. The van der Waals surface area contributed by atoms with E-state index in [0.29, 0.717) is 11.5 Å². The molecule has 0 aromatic heterocycles. The minimum Gasteiger partial charge on any atom is -0.366 e. The highest BCUT2D eigenvalue weighted by molar-refractivity contribution is 5.92. The number of carbonyl (C=O) groups excluding carboxylic acids is 1. The van der Waals surface area contributed by atoms with E-state index in [1.54, 1.807) is 6.07 Å². The average molecular weight is 220 g/mol. The summed E-state index contributed by atoms with van der Waals surface area (Å²) in [5, 5.41) is 3.35. The highest BCUT2D eigenvalue weighted by Crippen LogP contribution is 2.04. The van der Waals surface area contributed by atoms with Crippen molar-refractivity contribution in [3.63, 3.8) is 0 Å². The van der Waals surface area contributed by atoms with Crippen molar-refractivity contribution < 1.29 is 4.79 Å². The molecule has 3 N–H and O–H groups in total. The summed E-state index contributed by atoms with van der Waals surface area (Å²) in [6.45, 7) is 6.19. The SMILES string of the molecule is CC(C)CCNCc1cccc(C(N)=O)c1. The van der Waals surface area contributed by atoms with Crippen LogP contribution in [0.2, 0.25) is 0 Å². The highest BCUT2D eigenvalue weighted by Gasteiger charge is 2.01. The largest absolute Gasteiger partial charge is 0.366 e. The van der Waals surface area contributed by atoms with E-state index in [4.69, 9.17) is 5.73 Å². The van der Waals surface area contributed by atoms with Gasteiger partial charge in [-0.25, -0.2) is 0 Å². The molecule has 0 aliphatic heterocycles. The molecule has 0 unspecified atom stereocenters. The van der Waals surface area contributed by atoms with E-state index in [9.17, 15) is 4.79 Å². The van der Waals surface area contributed by atoms with Crippen molar-refractivity contribution in [2.24, 2.45) is 11.7 Å². The van der Waals surface area contributed by atoms with Crippen LogP contribution in [0.25, 0.3) is 0 Å². The van der Waals surface area contributed by atoms with E-state index in [2.05, 4.69) is 19.2 Å². The maximum absolute atomic E-state index is 11.0. The molecule has 0 atom stereocenters. The van der Waals surface area contributed by atoms with Crippen LogP contribution in [-0.4, -0.2) is 12.5 Å². The predicted octanol–water partition coefficient (Wildman–Crippen LogP) is 1.92. The third-order valence-electron chi connectivity index (χ3n) is 2.44. The van der Waals surface area contributed by atoms with E-state index in [-0.39, 0.29) is 5.91 Å². The number of nitrogens with two attached hydrogens (primary N) is 1. The van der Waals surface area contributed by atoms with Crippen LogP contribution in [0, 0.1) is 5.92 Å². The van der Waals surface area contributed by atoms with Gasteiger partial charge in [0.25, 0.3) is 0 Å².